The number of rotatable bonds is 4. The Morgan fingerprint density at radius 3 is 2.29 bits per heavy atom. The van der Waals surface area contributed by atoms with Crippen molar-refractivity contribution in [3.63, 3.8) is 0 Å². The predicted octanol–water partition coefficient (Wildman–Crippen LogP) is 4.95. The zero-order valence-corrected chi connectivity index (χ0v) is 14.2. The molecule has 1 aromatic heterocycles. The molecule has 0 spiro atoms. The second-order valence-corrected chi connectivity index (χ2v) is 6.08. The first-order chi connectivity index (χ1) is 11.1. The average molecular weight is 380 g/mol. The lowest BCUT2D eigenvalue weighted by Crippen LogP contribution is -2.46. The summed E-state index contributed by atoms with van der Waals surface area (Å²) < 4.78 is 46.1. The fraction of sp³-hybridized carbons (Fsp3) is 0.312. The highest BCUT2D eigenvalue weighted by Crippen LogP contribution is 2.49. The third-order valence-electron chi connectivity index (χ3n) is 3.87. The molecule has 130 valence electrons. The first-order valence-corrected chi connectivity index (χ1v) is 7.61. The van der Waals surface area contributed by atoms with Gasteiger partial charge in [-0.15, -0.1) is 0 Å². The number of methoxy groups -OCH3 is 1. The Hall–Kier alpha value is -1.50. The lowest BCUT2D eigenvalue weighted by molar-refractivity contribution is -0.274. The maximum atomic E-state index is 13.7. The smallest absolute Gasteiger partial charge is 0.422 e. The molecule has 0 bridgehead atoms. The number of benzene rings is 1. The number of alkyl halides is 3. The van der Waals surface area contributed by atoms with E-state index in [1.54, 1.807) is 0 Å². The Morgan fingerprint density at radius 1 is 1.17 bits per heavy atom. The van der Waals surface area contributed by atoms with Crippen molar-refractivity contribution in [1.29, 1.82) is 0 Å². The van der Waals surface area contributed by atoms with Gasteiger partial charge in [-0.25, -0.2) is 4.98 Å². The van der Waals surface area contributed by atoms with Crippen molar-refractivity contribution in [2.75, 3.05) is 7.11 Å². The molecular weight excluding hydrogens is 366 g/mol. The molecule has 24 heavy (non-hydrogen) atoms. The molecule has 2 atom stereocenters. The summed E-state index contributed by atoms with van der Waals surface area (Å²) in [4.78, 5) is 3.75. The predicted molar refractivity (Wildman–Crippen MR) is 85.6 cm³/mol. The Labute approximate surface area is 147 Å². The van der Waals surface area contributed by atoms with Gasteiger partial charge in [0, 0.05) is 33.8 Å². The van der Waals surface area contributed by atoms with Crippen molar-refractivity contribution in [2.24, 2.45) is 0 Å². The van der Waals surface area contributed by atoms with Crippen LogP contribution in [0.25, 0.3) is 0 Å². The van der Waals surface area contributed by atoms with Crippen LogP contribution in [0.3, 0.4) is 0 Å². The Balaban J connectivity index is 2.58. The van der Waals surface area contributed by atoms with E-state index in [0.29, 0.717) is 0 Å². The third kappa shape index (κ3) is 3.31. The lowest BCUT2D eigenvalue weighted by Gasteiger charge is -2.36. The normalized spacial score (nSPS) is 15.7. The summed E-state index contributed by atoms with van der Waals surface area (Å²) >= 11 is 11.8. The zero-order valence-electron chi connectivity index (χ0n) is 12.7. The van der Waals surface area contributed by atoms with Gasteiger partial charge in [-0.2, -0.15) is 13.2 Å². The maximum Gasteiger partial charge on any atom is 0.422 e. The molecule has 1 aromatic carbocycles. The third-order valence-corrected chi connectivity index (χ3v) is 4.44. The standard InChI is InChI=1S/C16H14Cl2F3NO2/c1-9(12-5-4-11(17)7-13(12)18)15(23,16(19,20)21)10-3-6-14(24-2)22-8-10/h3-9,23H,1-2H3. The molecule has 0 amide bonds. The molecule has 0 fully saturated rings. The molecular formula is C16H14Cl2F3NO2. The van der Waals surface area contributed by atoms with Crippen LogP contribution in [0.2, 0.25) is 10.0 Å². The van der Waals surface area contributed by atoms with E-state index in [9.17, 15) is 18.3 Å². The van der Waals surface area contributed by atoms with E-state index in [-0.39, 0.29) is 21.5 Å². The minimum absolute atomic E-state index is 0.0409. The molecule has 3 nitrogen and oxygen atoms in total. The van der Waals surface area contributed by atoms with E-state index in [1.165, 1.54) is 38.3 Å². The minimum atomic E-state index is -4.95. The van der Waals surface area contributed by atoms with Gasteiger partial charge in [-0.05, 0) is 23.8 Å². The van der Waals surface area contributed by atoms with E-state index >= 15 is 0 Å². The first-order valence-electron chi connectivity index (χ1n) is 6.85. The topological polar surface area (TPSA) is 42.4 Å². The fourth-order valence-corrected chi connectivity index (χ4v) is 3.04. The summed E-state index contributed by atoms with van der Waals surface area (Å²) in [5, 5.41) is 10.9. The number of hydrogen-bond donors (Lipinski definition) is 1. The molecule has 0 radical (unpaired) electrons. The second kappa shape index (κ2) is 6.78. The van der Waals surface area contributed by atoms with Gasteiger partial charge in [-0.1, -0.05) is 36.2 Å². The summed E-state index contributed by atoms with van der Waals surface area (Å²) in [6, 6.07) is 6.49. The molecule has 2 aromatic rings. The van der Waals surface area contributed by atoms with Gasteiger partial charge in [0.15, 0.2) is 5.60 Å². The van der Waals surface area contributed by atoms with Crippen molar-refractivity contribution >= 4 is 23.2 Å². The number of ether oxygens (including phenoxy) is 1. The second-order valence-electron chi connectivity index (χ2n) is 5.24. The summed E-state index contributed by atoms with van der Waals surface area (Å²) in [7, 11) is 1.34. The van der Waals surface area contributed by atoms with Crippen LogP contribution >= 0.6 is 23.2 Å². The van der Waals surface area contributed by atoms with Crippen LogP contribution in [-0.4, -0.2) is 23.4 Å². The van der Waals surface area contributed by atoms with E-state index in [0.717, 1.165) is 12.3 Å². The van der Waals surface area contributed by atoms with Gasteiger partial charge in [-0.3, -0.25) is 0 Å². The number of pyridine rings is 1. The average Bonchev–Trinajstić information content (AvgIpc) is 2.52. The number of nitrogens with zero attached hydrogens (tertiary/aromatic N) is 1. The van der Waals surface area contributed by atoms with E-state index in [2.05, 4.69) is 4.98 Å². The number of hydrogen-bond acceptors (Lipinski definition) is 3. The van der Waals surface area contributed by atoms with Crippen LogP contribution < -0.4 is 4.74 Å². The van der Waals surface area contributed by atoms with E-state index in [4.69, 9.17) is 27.9 Å². The molecule has 0 aliphatic heterocycles. The van der Waals surface area contributed by atoms with Gasteiger partial charge in [0.1, 0.15) is 0 Å². The number of aromatic nitrogens is 1. The first kappa shape index (κ1) is 18.8. The van der Waals surface area contributed by atoms with E-state index in [1.807, 2.05) is 0 Å². The van der Waals surface area contributed by atoms with Crippen molar-refractivity contribution in [3.05, 3.63) is 57.7 Å². The molecule has 0 saturated carbocycles. The van der Waals surface area contributed by atoms with Crippen LogP contribution in [0.15, 0.2) is 36.5 Å². The highest BCUT2D eigenvalue weighted by molar-refractivity contribution is 6.35. The summed E-state index contributed by atoms with van der Waals surface area (Å²) in [6.45, 7) is 1.24. The van der Waals surface area contributed by atoms with E-state index < -0.39 is 23.3 Å². The van der Waals surface area contributed by atoms with Crippen LogP contribution in [0.5, 0.6) is 5.88 Å². The number of aliphatic hydroxyl groups is 1. The molecule has 2 rings (SSSR count). The van der Waals surface area contributed by atoms with Crippen LogP contribution in [0.1, 0.15) is 24.0 Å². The monoisotopic (exact) mass is 379 g/mol. The van der Waals surface area contributed by atoms with Crippen molar-refractivity contribution in [3.8, 4) is 5.88 Å². The summed E-state index contributed by atoms with van der Waals surface area (Å²) in [5.74, 6) is -1.25. The van der Waals surface area contributed by atoms with Crippen molar-refractivity contribution < 1.29 is 23.0 Å². The Kier molecular flexibility index (Phi) is 5.32. The maximum absolute atomic E-state index is 13.7. The Morgan fingerprint density at radius 2 is 1.83 bits per heavy atom. The molecule has 1 N–H and O–H groups in total. The molecule has 0 aliphatic rings. The molecule has 0 aliphatic carbocycles. The SMILES string of the molecule is COc1ccc(C(O)(C(C)c2ccc(Cl)cc2Cl)C(F)(F)F)cn1. The van der Waals surface area contributed by atoms with Crippen LogP contribution in [0, 0.1) is 0 Å². The molecule has 0 saturated heterocycles. The summed E-state index contributed by atoms with van der Waals surface area (Å²) in [6.07, 6.45) is -4.02. The highest BCUT2D eigenvalue weighted by atomic mass is 35.5. The van der Waals surface area contributed by atoms with Crippen LogP contribution in [-0.2, 0) is 5.60 Å². The lowest BCUT2D eigenvalue weighted by atomic mass is 9.78. The fourth-order valence-electron chi connectivity index (χ4n) is 2.46. The number of halogens is 5. The van der Waals surface area contributed by atoms with Gasteiger partial charge in [0.2, 0.25) is 5.88 Å². The van der Waals surface area contributed by atoms with Crippen molar-refractivity contribution in [1.82, 2.24) is 4.98 Å². The van der Waals surface area contributed by atoms with Crippen LogP contribution in [0.4, 0.5) is 13.2 Å². The zero-order chi connectivity index (χ0) is 18.1. The van der Waals surface area contributed by atoms with Gasteiger partial charge in [0.25, 0.3) is 0 Å². The van der Waals surface area contributed by atoms with Crippen molar-refractivity contribution in [2.45, 2.75) is 24.6 Å². The minimum Gasteiger partial charge on any atom is -0.481 e. The van der Waals surface area contributed by atoms with Gasteiger partial charge < -0.3 is 9.84 Å². The van der Waals surface area contributed by atoms with Gasteiger partial charge >= 0.3 is 6.18 Å². The molecule has 8 heteroatoms. The molecule has 2 unspecified atom stereocenters. The quantitative estimate of drug-likeness (QED) is 0.816. The summed E-state index contributed by atoms with van der Waals surface area (Å²) in [5.41, 5.74) is -3.46. The Bertz CT molecular complexity index is 722. The molecule has 1 heterocycles. The highest BCUT2D eigenvalue weighted by Gasteiger charge is 2.59. The largest absolute Gasteiger partial charge is 0.481 e. The van der Waals surface area contributed by atoms with Gasteiger partial charge in [0.05, 0.1) is 7.11 Å².